The number of hydrogen-bond acceptors (Lipinski definition) is 2. The van der Waals surface area contributed by atoms with Crippen molar-refractivity contribution in [3.8, 4) is 5.75 Å². The Kier molecular flexibility index (Phi) is 7.26. The summed E-state index contributed by atoms with van der Waals surface area (Å²) in [6, 6.07) is 7.59. The summed E-state index contributed by atoms with van der Waals surface area (Å²) >= 11 is 3.42. The number of halogens is 1. The smallest absolute Gasteiger partial charge is 0.119 e. The molecule has 90 valence electrons. The van der Waals surface area contributed by atoms with Gasteiger partial charge in [-0.3, -0.25) is 0 Å². The first-order valence-electron chi connectivity index (χ1n) is 5.75. The number of aliphatic hydroxyl groups is 1. The molecule has 0 atom stereocenters. The van der Waals surface area contributed by atoms with Crippen LogP contribution in [0.2, 0.25) is 0 Å². The Hall–Kier alpha value is -0.540. The van der Waals surface area contributed by atoms with Gasteiger partial charge in [0.1, 0.15) is 5.75 Å². The van der Waals surface area contributed by atoms with Gasteiger partial charge in [0, 0.05) is 5.33 Å². The zero-order chi connectivity index (χ0) is 11.6. The number of rotatable bonds is 8. The molecule has 0 aromatic heterocycles. The summed E-state index contributed by atoms with van der Waals surface area (Å²) < 4.78 is 5.59. The van der Waals surface area contributed by atoms with Crippen LogP contribution in [-0.2, 0) is 6.61 Å². The second kappa shape index (κ2) is 8.59. The predicted molar refractivity (Wildman–Crippen MR) is 70.1 cm³/mol. The van der Waals surface area contributed by atoms with Crippen molar-refractivity contribution in [3.05, 3.63) is 29.8 Å². The van der Waals surface area contributed by atoms with Crippen LogP contribution in [0.3, 0.4) is 0 Å². The average Bonchev–Trinajstić information content (AvgIpc) is 2.34. The third-order valence-electron chi connectivity index (χ3n) is 2.40. The summed E-state index contributed by atoms with van der Waals surface area (Å²) in [6.45, 7) is 0.869. The zero-order valence-electron chi connectivity index (χ0n) is 9.49. The van der Waals surface area contributed by atoms with E-state index < -0.39 is 0 Å². The van der Waals surface area contributed by atoms with Crippen molar-refractivity contribution in [2.75, 3.05) is 11.9 Å². The van der Waals surface area contributed by atoms with Crippen LogP contribution < -0.4 is 4.74 Å². The molecular weight excluding hydrogens is 268 g/mol. The average molecular weight is 287 g/mol. The molecule has 16 heavy (non-hydrogen) atoms. The van der Waals surface area contributed by atoms with E-state index in [9.17, 15) is 0 Å². The molecule has 0 saturated carbocycles. The van der Waals surface area contributed by atoms with Crippen LogP contribution in [0.25, 0.3) is 0 Å². The molecule has 0 amide bonds. The zero-order valence-corrected chi connectivity index (χ0v) is 11.1. The van der Waals surface area contributed by atoms with Crippen molar-refractivity contribution in [2.45, 2.75) is 32.3 Å². The van der Waals surface area contributed by atoms with E-state index in [-0.39, 0.29) is 6.61 Å². The third kappa shape index (κ3) is 5.52. The number of hydrogen-bond donors (Lipinski definition) is 1. The number of ether oxygens (including phenoxy) is 1. The summed E-state index contributed by atoms with van der Waals surface area (Å²) in [5, 5.41) is 9.97. The maximum atomic E-state index is 8.88. The van der Waals surface area contributed by atoms with Crippen molar-refractivity contribution in [2.24, 2.45) is 0 Å². The van der Waals surface area contributed by atoms with Gasteiger partial charge in [-0.05, 0) is 30.5 Å². The molecule has 1 rings (SSSR count). The Morgan fingerprint density at radius 3 is 2.31 bits per heavy atom. The van der Waals surface area contributed by atoms with Gasteiger partial charge in [-0.25, -0.2) is 0 Å². The summed E-state index contributed by atoms with van der Waals surface area (Å²) in [7, 11) is 0. The van der Waals surface area contributed by atoms with Crippen molar-refractivity contribution in [3.63, 3.8) is 0 Å². The molecule has 0 heterocycles. The van der Waals surface area contributed by atoms with Crippen LogP contribution in [0.5, 0.6) is 5.75 Å². The van der Waals surface area contributed by atoms with Crippen LogP contribution >= 0.6 is 15.9 Å². The minimum atomic E-state index is 0.0901. The Morgan fingerprint density at radius 1 is 1.00 bits per heavy atom. The lowest BCUT2D eigenvalue weighted by Gasteiger charge is -2.06. The first kappa shape index (κ1) is 13.5. The maximum Gasteiger partial charge on any atom is 0.119 e. The van der Waals surface area contributed by atoms with Gasteiger partial charge in [0.25, 0.3) is 0 Å². The fraction of sp³-hybridized carbons (Fsp3) is 0.538. The highest BCUT2D eigenvalue weighted by Gasteiger charge is 1.95. The Bertz CT molecular complexity index is 272. The van der Waals surface area contributed by atoms with Crippen LogP contribution in [-0.4, -0.2) is 17.0 Å². The lowest BCUT2D eigenvalue weighted by molar-refractivity contribution is 0.281. The van der Waals surface area contributed by atoms with E-state index in [1.54, 1.807) is 0 Å². The molecule has 1 aromatic rings. The molecule has 3 heteroatoms. The summed E-state index contributed by atoms with van der Waals surface area (Å²) in [4.78, 5) is 0. The highest BCUT2D eigenvalue weighted by molar-refractivity contribution is 9.09. The molecule has 1 N–H and O–H groups in total. The summed E-state index contributed by atoms with van der Waals surface area (Å²) in [5.41, 5.74) is 0.921. The van der Waals surface area contributed by atoms with Gasteiger partial charge in [-0.1, -0.05) is 40.9 Å². The Morgan fingerprint density at radius 2 is 1.69 bits per heavy atom. The van der Waals surface area contributed by atoms with Crippen molar-refractivity contribution in [1.29, 1.82) is 0 Å². The first-order chi connectivity index (χ1) is 7.86. The molecule has 0 spiro atoms. The van der Waals surface area contributed by atoms with E-state index in [1.165, 1.54) is 19.3 Å². The molecule has 1 aromatic carbocycles. The van der Waals surface area contributed by atoms with Gasteiger partial charge in [0.05, 0.1) is 13.2 Å². The number of alkyl halides is 1. The molecule has 0 aliphatic rings. The topological polar surface area (TPSA) is 29.5 Å². The normalized spacial score (nSPS) is 10.4. The second-order valence-corrected chi connectivity index (χ2v) is 4.55. The molecule has 0 unspecified atom stereocenters. The highest BCUT2D eigenvalue weighted by atomic mass is 79.9. The van der Waals surface area contributed by atoms with E-state index in [1.807, 2.05) is 24.3 Å². The maximum absolute atomic E-state index is 8.88. The number of aliphatic hydroxyl groups excluding tert-OH is 1. The van der Waals surface area contributed by atoms with Gasteiger partial charge in [-0.15, -0.1) is 0 Å². The molecular formula is C13H19BrO2. The van der Waals surface area contributed by atoms with Gasteiger partial charge < -0.3 is 9.84 Å². The van der Waals surface area contributed by atoms with Gasteiger partial charge >= 0.3 is 0 Å². The molecule has 2 nitrogen and oxygen atoms in total. The Balaban J connectivity index is 2.12. The predicted octanol–water partition coefficient (Wildman–Crippen LogP) is 3.51. The number of unbranched alkanes of at least 4 members (excludes halogenated alkanes) is 3. The van der Waals surface area contributed by atoms with Crippen LogP contribution in [0, 0.1) is 0 Å². The van der Waals surface area contributed by atoms with Crippen molar-refractivity contribution >= 4 is 15.9 Å². The first-order valence-corrected chi connectivity index (χ1v) is 6.87. The van der Waals surface area contributed by atoms with E-state index in [0.717, 1.165) is 29.7 Å². The third-order valence-corrected chi connectivity index (χ3v) is 2.96. The molecule has 0 aliphatic heterocycles. The van der Waals surface area contributed by atoms with Crippen molar-refractivity contribution < 1.29 is 9.84 Å². The second-order valence-electron chi connectivity index (χ2n) is 3.75. The van der Waals surface area contributed by atoms with Crippen LogP contribution in [0.15, 0.2) is 24.3 Å². The minimum absolute atomic E-state index is 0.0901. The fourth-order valence-corrected chi connectivity index (χ4v) is 1.83. The minimum Gasteiger partial charge on any atom is -0.494 e. The van der Waals surface area contributed by atoms with Crippen molar-refractivity contribution in [1.82, 2.24) is 0 Å². The Labute approximate surface area is 106 Å². The van der Waals surface area contributed by atoms with Gasteiger partial charge in [0.15, 0.2) is 0 Å². The van der Waals surface area contributed by atoms with E-state index in [0.29, 0.717) is 0 Å². The van der Waals surface area contributed by atoms with E-state index in [4.69, 9.17) is 9.84 Å². The lowest BCUT2D eigenvalue weighted by atomic mass is 10.2. The quantitative estimate of drug-likeness (QED) is 0.585. The standard InChI is InChI=1S/C13H19BrO2/c14-9-3-1-2-4-10-16-13-7-5-12(11-15)6-8-13/h5-8,15H,1-4,9-11H2. The largest absolute Gasteiger partial charge is 0.494 e. The van der Waals surface area contributed by atoms with Crippen LogP contribution in [0.1, 0.15) is 31.2 Å². The molecule has 0 aliphatic carbocycles. The summed E-state index contributed by atoms with van der Waals surface area (Å²) in [6.07, 6.45) is 4.83. The highest BCUT2D eigenvalue weighted by Crippen LogP contribution is 2.13. The molecule has 0 bridgehead atoms. The van der Waals surface area contributed by atoms with Gasteiger partial charge in [0.2, 0.25) is 0 Å². The lowest BCUT2D eigenvalue weighted by Crippen LogP contribution is -1.97. The number of benzene rings is 1. The van der Waals surface area contributed by atoms with E-state index >= 15 is 0 Å². The molecule has 0 saturated heterocycles. The van der Waals surface area contributed by atoms with Crippen LogP contribution in [0.4, 0.5) is 0 Å². The monoisotopic (exact) mass is 286 g/mol. The summed E-state index contributed by atoms with van der Waals surface area (Å²) in [5.74, 6) is 0.887. The fourth-order valence-electron chi connectivity index (χ4n) is 1.43. The van der Waals surface area contributed by atoms with Gasteiger partial charge in [-0.2, -0.15) is 0 Å². The SMILES string of the molecule is OCc1ccc(OCCCCCCBr)cc1. The van der Waals surface area contributed by atoms with E-state index in [2.05, 4.69) is 15.9 Å². The molecule has 0 radical (unpaired) electrons. The molecule has 0 fully saturated rings.